The first-order chi connectivity index (χ1) is 10.1. The van der Waals surface area contributed by atoms with Crippen LogP contribution in [0, 0.1) is 6.92 Å². The van der Waals surface area contributed by atoms with Crippen LogP contribution < -0.4 is 5.32 Å². The van der Waals surface area contributed by atoms with Crippen molar-refractivity contribution in [3.8, 4) is 0 Å². The van der Waals surface area contributed by atoms with E-state index < -0.39 is 0 Å². The molecule has 0 radical (unpaired) electrons. The Kier molecular flexibility index (Phi) is 4.87. The van der Waals surface area contributed by atoms with E-state index in [1.165, 1.54) is 0 Å². The summed E-state index contributed by atoms with van der Waals surface area (Å²) >= 11 is 0. The van der Waals surface area contributed by atoms with Crippen molar-refractivity contribution in [2.75, 3.05) is 26.0 Å². The van der Waals surface area contributed by atoms with Crippen LogP contribution in [0.25, 0.3) is 0 Å². The first-order valence-corrected chi connectivity index (χ1v) is 6.89. The predicted molar refractivity (Wildman–Crippen MR) is 83.4 cm³/mol. The first kappa shape index (κ1) is 15.0. The molecule has 0 aliphatic carbocycles. The van der Waals surface area contributed by atoms with E-state index in [1.54, 1.807) is 31.4 Å². The zero-order valence-electron chi connectivity index (χ0n) is 12.6. The van der Waals surface area contributed by atoms with Gasteiger partial charge in [0.2, 0.25) is 5.95 Å². The number of carbonyl (C=O) groups is 1. The van der Waals surface area contributed by atoms with E-state index in [0.717, 1.165) is 24.1 Å². The Morgan fingerprint density at radius 2 is 1.95 bits per heavy atom. The summed E-state index contributed by atoms with van der Waals surface area (Å²) in [5.41, 5.74) is 2.86. The SMILES string of the molecule is Cc1cnc(NCCc2cccc(C(=O)N(C)C)c2)nc1. The summed E-state index contributed by atoms with van der Waals surface area (Å²) in [5.74, 6) is 0.646. The van der Waals surface area contributed by atoms with Gasteiger partial charge >= 0.3 is 0 Å². The fourth-order valence-electron chi connectivity index (χ4n) is 1.92. The Bertz CT molecular complexity index is 608. The first-order valence-electron chi connectivity index (χ1n) is 6.89. The Balaban J connectivity index is 1.93. The van der Waals surface area contributed by atoms with E-state index in [4.69, 9.17) is 0 Å². The minimum Gasteiger partial charge on any atom is -0.354 e. The molecule has 0 spiro atoms. The van der Waals surface area contributed by atoms with Gasteiger partial charge in [0.05, 0.1) is 0 Å². The van der Waals surface area contributed by atoms with Crippen LogP contribution in [-0.2, 0) is 6.42 Å². The van der Waals surface area contributed by atoms with E-state index in [1.807, 2.05) is 31.2 Å². The molecule has 0 unspecified atom stereocenters. The van der Waals surface area contributed by atoms with E-state index >= 15 is 0 Å². The molecule has 5 nitrogen and oxygen atoms in total. The summed E-state index contributed by atoms with van der Waals surface area (Å²) in [5, 5.41) is 3.17. The molecule has 1 aromatic carbocycles. The fourth-order valence-corrected chi connectivity index (χ4v) is 1.92. The topological polar surface area (TPSA) is 58.1 Å². The van der Waals surface area contributed by atoms with E-state index in [0.29, 0.717) is 11.5 Å². The Morgan fingerprint density at radius 3 is 2.62 bits per heavy atom. The van der Waals surface area contributed by atoms with Crippen molar-refractivity contribution in [2.24, 2.45) is 0 Å². The van der Waals surface area contributed by atoms with Crippen molar-refractivity contribution >= 4 is 11.9 Å². The molecule has 0 aliphatic rings. The quantitative estimate of drug-likeness (QED) is 0.914. The number of amides is 1. The van der Waals surface area contributed by atoms with Gasteiger partial charge in [-0.05, 0) is 36.6 Å². The van der Waals surface area contributed by atoms with Gasteiger partial charge in [0, 0.05) is 38.6 Å². The van der Waals surface area contributed by atoms with E-state index in [-0.39, 0.29) is 5.91 Å². The van der Waals surface area contributed by atoms with Crippen molar-refractivity contribution in [2.45, 2.75) is 13.3 Å². The van der Waals surface area contributed by atoms with Gasteiger partial charge in [0.25, 0.3) is 5.91 Å². The van der Waals surface area contributed by atoms with E-state index in [9.17, 15) is 4.79 Å². The van der Waals surface area contributed by atoms with Crippen molar-refractivity contribution in [3.63, 3.8) is 0 Å². The normalized spacial score (nSPS) is 10.2. The van der Waals surface area contributed by atoms with Crippen molar-refractivity contribution in [3.05, 3.63) is 53.3 Å². The summed E-state index contributed by atoms with van der Waals surface area (Å²) in [6.07, 6.45) is 4.38. The molecule has 2 rings (SSSR count). The molecule has 0 fully saturated rings. The van der Waals surface area contributed by atoms with Crippen LogP contribution in [0.1, 0.15) is 21.5 Å². The summed E-state index contributed by atoms with van der Waals surface area (Å²) in [6, 6.07) is 7.70. The number of anilines is 1. The third-order valence-corrected chi connectivity index (χ3v) is 3.06. The molecule has 2 aromatic rings. The van der Waals surface area contributed by atoms with Gasteiger partial charge in [-0.2, -0.15) is 0 Å². The highest BCUT2D eigenvalue weighted by molar-refractivity contribution is 5.94. The van der Waals surface area contributed by atoms with Gasteiger partial charge in [-0.1, -0.05) is 12.1 Å². The van der Waals surface area contributed by atoms with Crippen LogP contribution in [0.4, 0.5) is 5.95 Å². The third kappa shape index (κ3) is 4.27. The summed E-state index contributed by atoms with van der Waals surface area (Å²) < 4.78 is 0. The lowest BCUT2D eigenvalue weighted by molar-refractivity contribution is 0.0827. The third-order valence-electron chi connectivity index (χ3n) is 3.06. The second kappa shape index (κ2) is 6.83. The maximum atomic E-state index is 11.9. The number of hydrogen-bond acceptors (Lipinski definition) is 4. The monoisotopic (exact) mass is 284 g/mol. The Labute approximate surface area is 125 Å². The number of carbonyl (C=O) groups excluding carboxylic acids is 1. The molecule has 0 saturated carbocycles. The highest BCUT2D eigenvalue weighted by Gasteiger charge is 2.07. The molecule has 1 amide bonds. The lowest BCUT2D eigenvalue weighted by Gasteiger charge is -2.11. The van der Waals surface area contributed by atoms with Crippen LogP contribution >= 0.6 is 0 Å². The number of hydrogen-bond donors (Lipinski definition) is 1. The molecular weight excluding hydrogens is 264 g/mol. The Hall–Kier alpha value is -2.43. The molecule has 1 N–H and O–H groups in total. The van der Waals surface area contributed by atoms with Crippen LogP contribution in [-0.4, -0.2) is 41.4 Å². The highest BCUT2D eigenvalue weighted by Crippen LogP contribution is 2.08. The standard InChI is InChI=1S/C16H20N4O/c1-12-10-18-16(19-11-12)17-8-7-13-5-4-6-14(9-13)15(21)20(2)3/h4-6,9-11H,7-8H2,1-3H3,(H,17,18,19). The van der Waals surface area contributed by atoms with Gasteiger partial charge in [0.1, 0.15) is 0 Å². The van der Waals surface area contributed by atoms with Gasteiger partial charge in [-0.25, -0.2) is 9.97 Å². The molecule has 0 bridgehead atoms. The molecule has 0 saturated heterocycles. The molecule has 21 heavy (non-hydrogen) atoms. The van der Waals surface area contributed by atoms with Gasteiger partial charge in [-0.3, -0.25) is 4.79 Å². The zero-order valence-corrected chi connectivity index (χ0v) is 12.6. The van der Waals surface area contributed by atoms with Crippen LogP contribution in [0.15, 0.2) is 36.7 Å². The lowest BCUT2D eigenvalue weighted by Crippen LogP contribution is -2.21. The molecular formula is C16H20N4O. The van der Waals surface area contributed by atoms with Crippen molar-refractivity contribution in [1.29, 1.82) is 0 Å². The summed E-state index contributed by atoms with van der Waals surface area (Å²) in [7, 11) is 3.51. The average molecular weight is 284 g/mol. The van der Waals surface area contributed by atoms with Crippen LogP contribution in [0.5, 0.6) is 0 Å². The summed E-state index contributed by atoms with van der Waals surface area (Å²) in [4.78, 5) is 21.9. The maximum Gasteiger partial charge on any atom is 0.253 e. The average Bonchev–Trinajstić information content (AvgIpc) is 2.49. The predicted octanol–water partition coefficient (Wildman–Crippen LogP) is 2.14. The number of aromatic nitrogens is 2. The number of aryl methyl sites for hydroxylation is 1. The van der Waals surface area contributed by atoms with Crippen molar-refractivity contribution < 1.29 is 4.79 Å². The highest BCUT2D eigenvalue weighted by atomic mass is 16.2. The minimum atomic E-state index is 0.0201. The van der Waals surface area contributed by atoms with Crippen LogP contribution in [0.3, 0.4) is 0 Å². The number of benzene rings is 1. The van der Waals surface area contributed by atoms with E-state index in [2.05, 4.69) is 15.3 Å². The molecule has 110 valence electrons. The fraction of sp³-hybridized carbons (Fsp3) is 0.312. The molecule has 1 aromatic heterocycles. The lowest BCUT2D eigenvalue weighted by atomic mass is 10.1. The molecule has 1 heterocycles. The minimum absolute atomic E-state index is 0.0201. The van der Waals surface area contributed by atoms with Crippen molar-refractivity contribution in [1.82, 2.24) is 14.9 Å². The van der Waals surface area contributed by atoms with Gasteiger partial charge in [-0.15, -0.1) is 0 Å². The smallest absolute Gasteiger partial charge is 0.253 e. The second-order valence-electron chi connectivity index (χ2n) is 5.16. The van der Waals surface area contributed by atoms with Gasteiger partial charge in [0.15, 0.2) is 0 Å². The molecule has 0 atom stereocenters. The molecule has 0 aliphatic heterocycles. The molecule has 5 heteroatoms. The van der Waals surface area contributed by atoms with Crippen LogP contribution in [0.2, 0.25) is 0 Å². The largest absolute Gasteiger partial charge is 0.354 e. The second-order valence-corrected chi connectivity index (χ2v) is 5.16. The number of rotatable bonds is 5. The van der Waals surface area contributed by atoms with Gasteiger partial charge < -0.3 is 10.2 Å². The Morgan fingerprint density at radius 1 is 1.24 bits per heavy atom. The maximum absolute atomic E-state index is 11.9. The number of nitrogens with one attached hydrogen (secondary N) is 1. The zero-order chi connectivity index (χ0) is 15.2. The number of nitrogens with zero attached hydrogens (tertiary/aromatic N) is 3. The summed E-state index contributed by atoms with van der Waals surface area (Å²) in [6.45, 7) is 2.68.